The van der Waals surface area contributed by atoms with Crippen LogP contribution in [-0.4, -0.2) is 7.05 Å². The van der Waals surface area contributed by atoms with Crippen LogP contribution in [0.3, 0.4) is 0 Å². The SMILES string of the molecule is CCCC[C@H](/C=C\NC)C(C)C. The van der Waals surface area contributed by atoms with E-state index in [4.69, 9.17) is 0 Å². The van der Waals surface area contributed by atoms with Crippen molar-refractivity contribution in [2.24, 2.45) is 11.8 Å². The van der Waals surface area contributed by atoms with Crippen LogP contribution in [0.1, 0.15) is 40.0 Å². The van der Waals surface area contributed by atoms with Gasteiger partial charge >= 0.3 is 0 Å². The summed E-state index contributed by atoms with van der Waals surface area (Å²) in [5.74, 6) is 1.51. The lowest BCUT2D eigenvalue weighted by Gasteiger charge is -2.15. The van der Waals surface area contributed by atoms with Gasteiger partial charge in [-0.1, -0.05) is 39.7 Å². The summed E-state index contributed by atoms with van der Waals surface area (Å²) in [6, 6.07) is 0. The molecule has 0 amide bonds. The molecule has 0 rings (SSSR count). The molecule has 0 spiro atoms. The molecule has 0 unspecified atom stereocenters. The van der Waals surface area contributed by atoms with Crippen LogP contribution in [0.25, 0.3) is 0 Å². The highest BCUT2D eigenvalue weighted by atomic mass is 14.8. The van der Waals surface area contributed by atoms with E-state index in [9.17, 15) is 0 Å². The zero-order valence-corrected chi connectivity index (χ0v) is 8.93. The maximum absolute atomic E-state index is 3.05. The second-order valence-corrected chi connectivity index (χ2v) is 3.70. The quantitative estimate of drug-likeness (QED) is 0.644. The highest BCUT2D eigenvalue weighted by molar-refractivity contribution is 4.87. The second-order valence-electron chi connectivity index (χ2n) is 3.70. The van der Waals surface area contributed by atoms with Crippen LogP contribution in [0.15, 0.2) is 12.3 Å². The van der Waals surface area contributed by atoms with E-state index in [2.05, 4.69) is 38.4 Å². The molecule has 0 saturated heterocycles. The Labute approximate surface area is 77.2 Å². The largest absolute Gasteiger partial charge is 0.394 e. The van der Waals surface area contributed by atoms with Crippen molar-refractivity contribution in [3.05, 3.63) is 12.3 Å². The van der Waals surface area contributed by atoms with Crippen molar-refractivity contribution in [1.82, 2.24) is 5.32 Å². The van der Waals surface area contributed by atoms with Crippen molar-refractivity contribution >= 4 is 0 Å². The van der Waals surface area contributed by atoms with E-state index in [1.165, 1.54) is 19.3 Å². The van der Waals surface area contributed by atoms with Crippen molar-refractivity contribution in [3.63, 3.8) is 0 Å². The van der Waals surface area contributed by atoms with Crippen LogP contribution >= 0.6 is 0 Å². The molecule has 0 saturated carbocycles. The van der Waals surface area contributed by atoms with Crippen LogP contribution in [-0.2, 0) is 0 Å². The van der Waals surface area contributed by atoms with E-state index in [1.807, 2.05) is 7.05 Å². The fraction of sp³-hybridized carbons (Fsp3) is 0.818. The van der Waals surface area contributed by atoms with E-state index in [0.717, 1.165) is 11.8 Å². The van der Waals surface area contributed by atoms with Gasteiger partial charge in [-0.05, 0) is 24.5 Å². The molecule has 0 aliphatic heterocycles. The predicted octanol–water partition coefficient (Wildman–Crippen LogP) is 3.18. The van der Waals surface area contributed by atoms with Gasteiger partial charge in [0.25, 0.3) is 0 Å². The molecule has 1 heteroatoms. The van der Waals surface area contributed by atoms with Gasteiger partial charge < -0.3 is 5.32 Å². The van der Waals surface area contributed by atoms with Crippen LogP contribution in [0.2, 0.25) is 0 Å². The molecule has 0 aromatic heterocycles. The molecular formula is C11H23N. The van der Waals surface area contributed by atoms with Gasteiger partial charge in [0, 0.05) is 7.05 Å². The molecule has 1 atom stereocenters. The van der Waals surface area contributed by atoms with Crippen LogP contribution in [0.5, 0.6) is 0 Å². The van der Waals surface area contributed by atoms with Gasteiger partial charge in [0.05, 0.1) is 0 Å². The number of hydrogen-bond acceptors (Lipinski definition) is 1. The Morgan fingerprint density at radius 2 is 2.00 bits per heavy atom. The zero-order valence-electron chi connectivity index (χ0n) is 8.93. The summed E-state index contributed by atoms with van der Waals surface area (Å²) in [5, 5.41) is 3.05. The summed E-state index contributed by atoms with van der Waals surface area (Å²) < 4.78 is 0. The molecule has 0 bridgehead atoms. The maximum Gasteiger partial charge on any atom is 0.00276 e. The average molecular weight is 169 g/mol. The van der Waals surface area contributed by atoms with Crippen LogP contribution < -0.4 is 5.32 Å². The molecule has 0 radical (unpaired) electrons. The number of unbranched alkanes of at least 4 members (excludes halogenated alkanes) is 1. The average Bonchev–Trinajstić information content (AvgIpc) is 2.04. The summed E-state index contributed by atoms with van der Waals surface area (Å²) in [6.07, 6.45) is 8.32. The fourth-order valence-electron chi connectivity index (χ4n) is 1.31. The Morgan fingerprint density at radius 1 is 1.33 bits per heavy atom. The van der Waals surface area contributed by atoms with Gasteiger partial charge in [0.15, 0.2) is 0 Å². The molecule has 12 heavy (non-hydrogen) atoms. The minimum atomic E-state index is 0.748. The Kier molecular flexibility index (Phi) is 6.93. The van der Waals surface area contributed by atoms with Gasteiger partial charge in [0.2, 0.25) is 0 Å². The number of allylic oxidation sites excluding steroid dienone is 1. The molecule has 0 aromatic carbocycles. The molecule has 1 nitrogen and oxygen atoms in total. The van der Waals surface area contributed by atoms with E-state index >= 15 is 0 Å². The normalized spacial score (nSPS) is 14.1. The van der Waals surface area contributed by atoms with Crippen molar-refractivity contribution in [2.75, 3.05) is 7.05 Å². The third-order valence-corrected chi connectivity index (χ3v) is 2.26. The zero-order chi connectivity index (χ0) is 9.40. The van der Waals surface area contributed by atoms with Crippen molar-refractivity contribution in [2.45, 2.75) is 40.0 Å². The Balaban J connectivity index is 3.78. The molecule has 0 aliphatic rings. The van der Waals surface area contributed by atoms with Gasteiger partial charge in [-0.25, -0.2) is 0 Å². The van der Waals surface area contributed by atoms with E-state index in [-0.39, 0.29) is 0 Å². The third-order valence-electron chi connectivity index (χ3n) is 2.26. The summed E-state index contributed by atoms with van der Waals surface area (Å²) in [6.45, 7) is 6.83. The first-order valence-electron chi connectivity index (χ1n) is 5.06. The lowest BCUT2D eigenvalue weighted by molar-refractivity contribution is 0.421. The van der Waals surface area contributed by atoms with E-state index in [0.29, 0.717) is 0 Å². The predicted molar refractivity (Wildman–Crippen MR) is 56.1 cm³/mol. The van der Waals surface area contributed by atoms with Crippen LogP contribution in [0.4, 0.5) is 0 Å². The summed E-state index contributed by atoms with van der Waals surface area (Å²) >= 11 is 0. The first kappa shape index (κ1) is 11.5. The topological polar surface area (TPSA) is 12.0 Å². The summed E-state index contributed by atoms with van der Waals surface area (Å²) in [4.78, 5) is 0. The molecular weight excluding hydrogens is 146 g/mol. The molecule has 72 valence electrons. The van der Waals surface area contributed by atoms with Crippen molar-refractivity contribution < 1.29 is 0 Å². The third kappa shape index (κ3) is 5.22. The molecule has 0 aliphatic carbocycles. The molecule has 0 aromatic rings. The molecule has 0 fully saturated rings. The standard InChI is InChI=1S/C11H23N/c1-5-6-7-11(10(2)3)8-9-12-4/h8-12H,5-7H2,1-4H3/b9-8-/t11-/m1/s1. The van der Waals surface area contributed by atoms with Crippen molar-refractivity contribution in [3.8, 4) is 0 Å². The fourth-order valence-corrected chi connectivity index (χ4v) is 1.31. The van der Waals surface area contributed by atoms with Gasteiger partial charge in [-0.15, -0.1) is 0 Å². The lowest BCUT2D eigenvalue weighted by atomic mass is 9.91. The highest BCUT2D eigenvalue weighted by Gasteiger charge is 2.07. The Bertz CT molecular complexity index is 116. The monoisotopic (exact) mass is 169 g/mol. The first-order valence-corrected chi connectivity index (χ1v) is 5.06. The van der Waals surface area contributed by atoms with E-state index < -0.39 is 0 Å². The van der Waals surface area contributed by atoms with Gasteiger partial charge in [-0.2, -0.15) is 0 Å². The smallest absolute Gasteiger partial charge is 0.00276 e. The summed E-state index contributed by atoms with van der Waals surface area (Å²) in [5.41, 5.74) is 0. The van der Waals surface area contributed by atoms with Gasteiger partial charge in [-0.3, -0.25) is 0 Å². The number of nitrogens with one attached hydrogen (secondary N) is 1. The lowest BCUT2D eigenvalue weighted by Crippen LogP contribution is -2.07. The first-order chi connectivity index (χ1) is 5.72. The molecule has 1 N–H and O–H groups in total. The van der Waals surface area contributed by atoms with E-state index in [1.54, 1.807) is 0 Å². The Morgan fingerprint density at radius 3 is 2.42 bits per heavy atom. The number of rotatable bonds is 6. The van der Waals surface area contributed by atoms with Gasteiger partial charge in [0.1, 0.15) is 0 Å². The Hall–Kier alpha value is -0.460. The number of hydrogen-bond donors (Lipinski definition) is 1. The summed E-state index contributed by atoms with van der Waals surface area (Å²) in [7, 11) is 1.95. The maximum atomic E-state index is 3.05. The minimum Gasteiger partial charge on any atom is -0.394 e. The highest BCUT2D eigenvalue weighted by Crippen LogP contribution is 2.18. The van der Waals surface area contributed by atoms with Crippen LogP contribution in [0, 0.1) is 11.8 Å². The second kappa shape index (κ2) is 7.20. The van der Waals surface area contributed by atoms with Crippen molar-refractivity contribution in [1.29, 1.82) is 0 Å². The minimum absolute atomic E-state index is 0.748. The molecule has 0 heterocycles.